The predicted molar refractivity (Wildman–Crippen MR) is 146 cm³/mol. The first-order chi connectivity index (χ1) is 16.0. The summed E-state index contributed by atoms with van der Waals surface area (Å²) in [6.45, 7) is 15.2. The number of nitrogens with one attached hydrogen (secondary N) is 1. The molecule has 3 aromatic rings. The molecule has 0 fully saturated rings. The Morgan fingerprint density at radius 2 is 2.06 bits per heavy atom. The van der Waals surface area contributed by atoms with Gasteiger partial charge in [-0.1, -0.05) is 45.6 Å². The molecule has 0 saturated heterocycles. The van der Waals surface area contributed by atoms with Crippen LogP contribution in [0, 0.1) is 0 Å². The molecule has 0 spiro atoms. The van der Waals surface area contributed by atoms with Crippen molar-refractivity contribution in [1.82, 2.24) is 14.5 Å². The van der Waals surface area contributed by atoms with Gasteiger partial charge in [0, 0.05) is 60.1 Å². The first-order valence-corrected chi connectivity index (χ1v) is 16.6. The van der Waals surface area contributed by atoms with E-state index < -0.39 is 8.07 Å². The Kier molecular flexibility index (Phi) is 7.25. The normalized spacial score (nSPS) is 15.8. The van der Waals surface area contributed by atoms with Gasteiger partial charge in [-0.3, -0.25) is 0 Å². The highest BCUT2D eigenvalue weighted by molar-refractivity contribution is 9.10. The van der Waals surface area contributed by atoms with Gasteiger partial charge in [-0.25, -0.2) is 9.97 Å². The number of anilines is 1. The molecule has 0 unspecified atom stereocenters. The van der Waals surface area contributed by atoms with Crippen LogP contribution in [0.3, 0.4) is 0 Å². The number of para-hydroxylation sites is 1. The maximum atomic E-state index is 9.28. The second-order valence-corrected chi connectivity index (χ2v) is 17.8. The third-order valence-corrected chi connectivity index (χ3v) is 8.91. The van der Waals surface area contributed by atoms with Crippen molar-refractivity contribution in [2.75, 3.05) is 18.5 Å². The number of rotatable bonds is 9. The molecule has 0 amide bonds. The molecule has 2 heterocycles. The number of benzene rings is 1. The van der Waals surface area contributed by atoms with E-state index in [1.807, 2.05) is 13.1 Å². The van der Waals surface area contributed by atoms with Gasteiger partial charge < -0.3 is 19.7 Å². The average molecular weight is 546 g/mol. The van der Waals surface area contributed by atoms with E-state index in [2.05, 4.69) is 82.5 Å². The molecule has 4 rings (SSSR count). The quantitative estimate of drug-likeness (QED) is 0.248. The zero-order valence-electron chi connectivity index (χ0n) is 21.2. The summed E-state index contributed by atoms with van der Waals surface area (Å²) in [5, 5.41) is 13.8. The van der Waals surface area contributed by atoms with E-state index in [-0.39, 0.29) is 18.1 Å². The molecule has 1 aliphatic carbocycles. The van der Waals surface area contributed by atoms with Crippen LogP contribution in [0.5, 0.6) is 0 Å². The zero-order chi connectivity index (χ0) is 24.7. The molecule has 0 bridgehead atoms. The van der Waals surface area contributed by atoms with E-state index in [1.165, 1.54) is 16.6 Å². The second kappa shape index (κ2) is 9.72. The predicted octanol–water partition coefficient (Wildman–Crippen LogP) is 6.19. The lowest BCUT2D eigenvalue weighted by molar-refractivity contribution is 0.0862. The van der Waals surface area contributed by atoms with Crippen molar-refractivity contribution in [2.45, 2.75) is 77.5 Å². The van der Waals surface area contributed by atoms with Gasteiger partial charge in [-0.2, -0.15) is 0 Å². The summed E-state index contributed by atoms with van der Waals surface area (Å²) in [6.07, 6.45) is 3.48. The Hall–Kier alpha value is -1.74. The van der Waals surface area contributed by atoms with Gasteiger partial charge in [-0.15, -0.1) is 0 Å². The summed E-state index contributed by atoms with van der Waals surface area (Å²) in [7, 11) is -1.16. The van der Waals surface area contributed by atoms with Crippen molar-refractivity contribution in [3.05, 3.63) is 40.1 Å². The molecule has 2 N–H and O–H groups in total. The van der Waals surface area contributed by atoms with Crippen LogP contribution in [-0.2, 0) is 23.3 Å². The molecular weight excluding hydrogens is 508 g/mol. The minimum Gasteiger partial charge on any atom is -0.396 e. The van der Waals surface area contributed by atoms with Crippen molar-refractivity contribution in [3.8, 4) is 11.3 Å². The highest BCUT2D eigenvalue weighted by Gasteiger charge is 2.38. The van der Waals surface area contributed by atoms with E-state index in [4.69, 9.17) is 9.72 Å². The molecule has 1 aromatic carbocycles. The maximum Gasteiger partial charge on any atom is 0.223 e. The molecule has 8 heteroatoms. The van der Waals surface area contributed by atoms with Crippen LogP contribution < -0.4 is 5.32 Å². The van der Waals surface area contributed by atoms with Gasteiger partial charge in [0.25, 0.3) is 0 Å². The second-order valence-electron chi connectivity index (χ2n) is 11.3. The summed E-state index contributed by atoms with van der Waals surface area (Å²) in [4.78, 5) is 9.60. The minimum absolute atomic E-state index is 0.0918. The fourth-order valence-corrected chi connectivity index (χ4v) is 6.18. The molecular formula is C26H37BrN4O2Si. The molecule has 1 aliphatic rings. The van der Waals surface area contributed by atoms with Crippen LogP contribution in [0.4, 0.5) is 5.95 Å². The Balaban J connectivity index is 1.82. The van der Waals surface area contributed by atoms with E-state index in [1.54, 1.807) is 0 Å². The van der Waals surface area contributed by atoms with Gasteiger partial charge in [0.1, 0.15) is 6.73 Å². The summed E-state index contributed by atoms with van der Waals surface area (Å²) in [5.41, 5.74) is 5.66. The number of aliphatic hydroxyl groups is 1. The molecule has 6 nitrogen and oxygen atoms in total. The molecule has 0 radical (unpaired) electrons. The molecule has 2 aromatic heterocycles. The Labute approximate surface area is 212 Å². The first kappa shape index (κ1) is 25.4. The molecule has 34 heavy (non-hydrogen) atoms. The smallest absolute Gasteiger partial charge is 0.223 e. The van der Waals surface area contributed by atoms with Gasteiger partial charge in [-0.05, 0) is 53.4 Å². The third kappa shape index (κ3) is 5.10. The number of ether oxygens (including phenoxy) is 1. The summed E-state index contributed by atoms with van der Waals surface area (Å²) < 4.78 is 9.69. The maximum absolute atomic E-state index is 9.28. The number of aromatic nitrogens is 3. The fourth-order valence-electron chi connectivity index (χ4n) is 4.84. The van der Waals surface area contributed by atoms with Crippen LogP contribution >= 0.6 is 15.9 Å². The lowest BCUT2D eigenvalue weighted by atomic mass is 9.75. The SMILES string of the molecule is C[C@@H](CCO)Nc1ncc2c(n1)-c1c(n(COCC[Si](C)(C)C)c3c(Br)cccc13)C(C)(C)C2. The van der Waals surface area contributed by atoms with E-state index >= 15 is 0 Å². The lowest BCUT2D eigenvalue weighted by Gasteiger charge is -2.33. The lowest BCUT2D eigenvalue weighted by Crippen LogP contribution is -2.30. The zero-order valence-corrected chi connectivity index (χ0v) is 23.8. The Morgan fingerprint density at radius 3 is 2.76 bits per heavy atom. The standard InChI is InChI=1S/C26H37BrN4O2Si/c1-17(10-11-32)29-25-28-15-18-14-26(2,3)24-21(22(18)30-25)19-8-7-9-20(27)23(19)31(24)16-33-12-13-34(4,5)6/h7-9,15,17,32H,10-14,16H2,1-6H3,(H,28,29,30)/t17-/m0/s1. The van der Waals surface area contributed by atoms with Crippen LogP contribution in [-0.4, -0.2) is 47.0 Å². The monoisotopic (exact) mass is 544 g/mol. The van der Waals surface area contributed by atoms with Gasteiger partial charge >= 0.3 is 0 Å². The van der Waals surface area contributed by atoms with Crippen LogP contribution in [0.2, 0.25) is 25.7 Å². The van der Waals surface area contributed by atoms with Crippen LogP contribution in [0.25, 0.3) is 22.2 Å². The van der Waals surface area contributed by atoms with Crippen molar-refractivity contribution >= 4 is 40.9 Å². The number of fused-ring (bicyclic) bond motifs is 5. The first-order valence-electron chi connectivity index (χ1n) is 12.1. The highest BCUT2D eigenvalue weighted by Crippen LogP contribution is 2.48. The minimum atomic E-state index is -1.16. The topological polar surface area (TPSA) is 72.2 Å². The largest absolute Gasteiger partial charge is 0.396 e. The Bertz CT molecular complexity index is 1190. The van der Waals surface area contributed by atoms with Crippen molar-refractivity contribution in [3.63, 3.8) is 0 Å². The molecule has 1 atom stereocenters. The number of aliphatic hydroxyl groups excluding tert-OH is 1. The average Bonchev–Trinajstić information content (AvgIpc) is 3.08. The van der Waals surface area contributed by atoms with Crippen molar-refractivity contribution in [2.24, 2.45) is 0 Å². The summed E-state index contributed by atoms with van der Waals surface area (Å²) in [6, 6.07) is 7.62. The third-order valence-electron chi connectivity index (χ3n) is 6.56. The Morgan fingerprint density at radius 1 is 1.29 bits per heavy atom. The van der Waals surface area contributed by atoms with Gasteiger partial charge in [0.2, 0.25) is 5.95 Å². The van der Waals surface area contributed by atoms with Crippen molar-refractivity contribution in [1.29, 1.82) is 0 Å². The van der Waals surface area contributed by atoms with Crippen molar-refractivity contribution < 1.29 is 9.84 Å². The fraction of sp³-hybridized carbons (Fsp3) is 0.538. The number of hydrogen-bond acceptors (Lipinski definition) is 5. The van der Waals surface area contributed by atoms with Crippen LogP contribution in [0.15, 0.2) is 28.9 Å². The number of nitrogens with zero attached hydrogens (tertiary/aromatic N) is 3. The molecule has 0 saturated carbocycles. The highest BCUT2D eigenvalue weighted by atomic mass is 79.9. The van der Waals surface area contributed by atoms with Gasteiger partial charge in [0.05, 0.1) is 11.2 Å². The summed E-state index contributed by atoms with van der Waals surface area (Å²) in [5.74, 6) is 0.604. The number of hydrogen-bond donors (Lipinski definition) is 2. The molecule has 184 valence electrons. The van der Waals surface area contributed by atoms with E-state index in [0.29, 0.717) is 19.1 Å². The van der Waals surface area contributed by atoms with Crippen LogP contribution in [0.1, 0.15) is 38.4 Å². The summed E-state index contributed by atoms with van der Waals surface area (Å²) >= 11 is 3.82. The number of halogens is 1. The van der Waals surface area contributed by atoms with Gasteiger partial charge in [0.15, 0.2) is 0 Å². The van der Waals surface area contributed by atoms with E-state index in [9.17, 15) is 5.11 Å². The molecule has 0 aliphatic heterocycles. The van der Waals surface area contributed by atoms with E-state index in [0.717, 1.165) is 40.3 Å².